The van der Waals surface area contributed by atoms with Gasteiger partial charge in [-0.3, -0.25) is 0 Å². The lowest BCUT2D eigenvalue weighted by atomic mass is 9.84. The van der Waals surface area contributed by atoms with Gasteiger partial charge in [-0.25, -0.2) is 0 Å². The van der Waals surface area contributed by atoms with Gasteiger partial charge in [0, 0.05) is 23.8 Å². The average molecular weight is 680 g/mol. The number of carbonyl (C=O) groups excluding carboxylic acids is 2. The van der Waals surface area contributed by atoms with Crippen LogP contribution in [0.2, 0.25) is 0 Å². The molecule has 0 atom stereocenters. The first-order valence-corrected chi connectivity index (χ1v) is 13.6. The summed E-state index contributed by atoms with van der Waals surface area (Å²) in [6, 6.07) is 14.7. The Morgan fingerprint density at radius 3 is 1.74 bits per heavy atom. The molecule has 0 N–H and O–H groups in total. The number of carboxylic acid groups (broad SMARTS) is 2. The minimum absolute atomic E-state index is 0.0922. The molecule has 0 radical (unpaired) electrons. The zero-order valence-electron chi connectivity index (χ0n) is 19.3. The molecule has 3 rings (SSSR count). The van der Waals surface area contributed by atoms with E-state index in [1.165, 1.54) is 6.07 Å². The molecule has 0 aliphatic carbocycles. The van der Waals surface area contributed by atoms with Crippen LogP contribution in [-0.2, 0) is 12.8 Å². The van der Waals surface area contributed by atoms with Gasteiger partial charge in [0.25, 0.3) is 0 Å². The number of aryl methyl sites for hydroxylation is 2. The molecule has 3 aromatic carbocycles. The van der Waals surface area contributed by atoms with Gasteiger partial charge in [0.05, 0.1) is 11.9 Å². The highest BCUT2D eigenvalue weighted by Crippen LogP contribution is 2.41. The molecule has 34 heavy (non-hydrogen) atoms. The minimum Gasteiger partial charge on any atom is -0.545 e. The number of halogens is 2. The highest BCUT2D eigenvalue weighted by atomic mass is 127. The van der Waals surface area contributed by atoms with Crippen LogP contribution in [-0.4, -0.2) is 11.9 Å². The van der Waals surface area contributed by atoms with Crippen molar-refractivity contribution in [2.75, 3.05) is 0 Å². The van der Waals surface area contributed by atoms with E-state index in [0.29, 0.717) is 11.1 Å². The second-order valence-corrected chi connectivity index (χ2v) is 10.6. The molecular formula is C28H26I2O4-2. The number of carboxylic acids is 2. The summed E-state index contributed by atoms with van der Waals surface area (Å²) in [6.07, 6.45) is 5.37. The van der Waals surface area contributed by atoms with Crippen LogP contribution in [0.5, 0.6) is 0 Å². The molecule has 0 amide bonds. The normalized spacial score (nSPS) is 10.9. The van der Waals surface area contributed by atoms with Crippen molar-refractivity contribution in [1.82, 2.24) is 0 Å². The monoisotopic (exact) mass is 680 g/mol. The van der Waals surface area contributed by atoms with Gasteiger partial charge in [0.15, 0.2) is 0 Å². The van der Waals surface area contributed by atoms with E-state index in [-0.39, 0.29) is 16.7 Å². The van der Waals surface area contributed by atoms with Crippen LogP contribution in [0.4, 0.5) is 0 Å². The third-order valence-corrected chi connectivity index (χ3v) is 7.75. The lowest BCUT2D eigenvalue weighted by molar-refractivity contribution is -0.255. The van der Waals surface area contributed by atoms with E-state index in [1.807, 2.05) is 36.4 Å². The van der Waals surface area contributed by atoms with Crippen LogP contribution in [0.1, 0.15) is 71.4 Å². The van der Waals surface area contributed by atoms with E-state index in [2.05, 4.69) is 59.0 Å². The Bertz CT molecular complexity index is 1220. The smallest absolute Gasteiger partial charge is 0.0728 e. The zero-order valence-corrected chi connectivity index (χ0v) is 23.6. The van der Waals surface area contributed by atoms with E-state index >= 15 is 0 Å². The second kappa shape index (κ2) is 12.2. The van der Waals surface area contributed by atoms with Crippen molar-refractivity contribution in [3.05, 3.63) is 77.9 Å². The summed E-state index contributed by atoms with van der Waals surface area (Å²) < 4.78 is 1.71. The molecule has 0 aliphatic rings. The third kappa shape index (κ3) is 5.64. The molecular weight excluding hydrogens is 654 g/mol. The molecule has 0 bridgehead atoms. The first-order chi connectivity index (χ1) is 16.3. The molecule has 0 heterocycles. The number of hydrogen-bond acceptors (Lipinski definition) is 4. The SMILES string of the molecule is CCCCc1cccc(I)c1-c1ccc(C(=O)[O-])c(-c2c(I)cccc2CCCC)c1C(=O)[O-]. The summed E-state index contributed by atoms with van der Waals surface area (Å²) >= 11 is 4.37. The van der Waals surface area contributed by atoms with Crippen molar-refractivity contribution in [3.63, 3.8) is 0 Å². The van der Waals surface area contributed by atoms with E-state index in [0.717, 1.165) is 62.4 Å². The highest BCUT2D eigenvalue weighted by molar-refractivity contribution is 14.1. The number of hydrogen-bond donors (Lipinski definition) is 0. The summed E-state index contributed by atoms with van der Waals surface area (Å²) in [4.78, 5) is 24.9. The Hall–Kier alpha value is -1.94. The Labute approximate surface area is 228 Å². The first-order valence-electron chi connectivity index (χ1n) is 11.5. The van der Waals surface area contributed by atoms with Crippen LogP contribution in [0.3, 0.4) is 0 Å². The molecule has 6 heteroatoms. The van der Waals surface area contributed by atoms with Crippen molar-refractivity contribution in [2.24, 2.45) is 0 Å². The standard InChI is InChI=1S/C28H28I2O4/c1-3-5-9-17-11-7-13-21(29)23(17)19-15-16-20(27(31)32)25(26(19)28(33)34)24-18(10-6-4-2)12-8-14-22(24)30/h7-8,11-16H,3-6,9-10H2,1-2H3,(H,31,32)(H,33,34)/p-2. The number of carbonyl (C=O) groups is 2. The van der Waals surface area contributed by atoms with Crippen molar-refractivity contribution in [3.8, 4) is 22.3 Å². The van der Waals surface area contributed by atoms with Gasteiger partial charge in [-0.1, -0.05) is 63.1 Å². The van der Waals surface area contributed by atoms with E-state index in [4.69, 9.17) is 0 Å². The predicted octanol–water partition coefficient (Wildman–Crippen LogP) is 5.64. The summed E-state index contributed by atoms with van der Waals surface area (Å²) in [6.45, 7) is 4.20. The topological polar surface area (TPSA) is 80.3 Å². The van der Waals surface area contributed by atoms with Gasteiger partial charge in [-0.2, -0.15) is 0 Å². The van der Waals surface area contributed by atoms with Crippen LogP contribution < -0.4 is 10.2 Å². The third-order valence-electron chi connectivity index (χ3n) is 5.95. The Kier molecular flexibility index (Phi) is 9.53. The van der Waals surface area contributed by atoms with Gasteiger partial charge in [0.2, 0.25) is 0 Å². The first kappa shape index (κ1) is 26.7. The number of unbranched alkanes of at least 4 members (excludes halogenated alkanes) is 2. The molecule has 0 fully saturated rings. The fourth-order valence-corrected chi connectivity index (χ4v) is 5.99. The quantitative estimate of drug-likeness (QED) is 0.260. The Morgan fingerprint density at radius 1 is 0.706 bits per heavy atom. The van der Waals surface area contributed by atoms with Crippen LogP contribution in [0, 0.1) is 7.14 Å². The Balaban J connectivity index is 2.45. The molecule has 4 nitrogen and oxygen atoms in total. The average Bonchev–Trinajstić information content (AvgIpc) is 2.80. The van der Waals surface area contributed by atoms with Gasteiger partial charge in [-0.05, 0) is 111 Å². The molecule has 178 valence electrons. The molecule has 0 spiro atoms. The highest BCUT2D eigenvalue weighted by Gasteiger charge is 2.23. The maximum Gasteiger partial charge on any atom is 0.0728 e. The summed E-state index contributed by atoms with van der Waals surface area (Å²) in [5.74, 6) is -2.80. The van der Waals surface area contributed by atoms with E-state index < -0.39 is 11.9 Å². The number of aromatic carboxylic acids is 2. The minimum atomic E-state index is -1.40. The van der Waals surface area contributed by atoms with E-state index in [1.54, 1.807) is 6.07 Å². The molecule has 0 saturated heterocycles. The van der Waals surface area contributed by atoms with Crippen LogP contribution in [0.25, 0.3) is 22.3 Å². The van der Waals surface area contributed by atoms with Gasteiger partial charge >= 0.3 is 0 Å². The Morgan fingerprint density at radius 2 is 1.24 bits per heavy atom. The van der Waals surface area contributed by atoms with Crippen molar-refractivity contribution >= 4 is 57.1 Å². The number of benzene rings is 3. The van der Waals surface area contributed by atoms with Crippen molar-refractivity contribution < 1.29 is 19.8 Å². The number of rotatable bonds is 10. The van der Waals surface area contributed by atoms with Crippen molar-refractivity contribution in [1.29, 1.82) is 0 Å². The van der Waals surface area contributed by atoms with E-state index in [9.17, 15) is 19.8 Å². The summed E-state index contributed by atoms with van der Waals surface area (Å²) in [5.41, 5.74) is 3.85. The molecule has 0 aromatic heterocycles. The van der Waals surface area contributed by atoms with Gasteiger partial charge in [0.1, 0.15) is 0 Å². The fourth-order valence-electron chi connectivity index (χ4n) is 4.32. The van der Waals surface area contributed by atoms with Gasteiger partial charge < -0.3 is 19.8 Å². The molecule has 0 unspecified atom stereocenters. The molecule has 0 saturated carbocycles. The van der Waals surface area contributed by atoms with Crippen molar-refractivity contribution in [2.45, 2.75) is 52.4 Å². The van der Waals surface area contributed by atoms with Crippen LogP contribution in [0.15, 0.2) is 48.5 Å². The van der Waals surface area contributed by atoms with Gasteiger partial charge in [-0.15, -0.1) is 0 Å². The molecule has 0 aliphatic heterocycles. The summed E-state index contributed by atoms with van der Waals surface area (Å²) in [5, 5.41) is 24.9. The maximum atomic E-state index is 12.7. The lowest BCUT2D eigenvalue weighted by Gasteiger charge is -2.25. The predicted molar refractivity (Wildman–Crippen MR) is 149 cm³/mol. The zero-order chi connectivity index (χ0) is 24.8. The molecule has 3 aromatic rings. The summed E-state index contributed by atoms with van der Waals surface area (Å²) in [7, 11) is 0. The largest absolute Gasteiger partial charge is 0.545 e. The second-order valence-electron chi connectivity index (χ2n) is 8.24. The maximum absolute atomic E-state index is 12.7. The fraction of sp³-hybridized carbons (Fsp3) is 0.286. The lowest BCUT2D eigenvalue weighted by Crippen LogP contribution is -2.28. The van der Waals surface area contributed by atoms with Crippen LogP contribution >= 0.6 is 45.2 Å².